The monoisotopic (exact) mass is 423 g/mol. The molecule has 6 nitrogen and oxygen atoms in total. The van der Waals surface area contributed by atoms with E-state index < -0.39 is 17.4 Å². The van der Waals surface area contributed by atoms with Gasteiger partial charge in [0.15, 0.2) is 0 Å². The van der Waals surface area contributed by atoms with Gasteiger partial charge in [-0.25, -0.2) is 4.98 Å². The van der Waals surface area contributed by atoms with E-state index in [-0.39, 0.29) is 17.9 Å². The molecule has 2 saturated heterocycles. The first-order valence-corrected chi connectivity index (χ1v) is 11.1. The zero-order valence-electron chi connectivity index (χ0n) is 17.4. The first-order chi connectivity index (χ1) is 14.4. The minimum absolute atomic E-state index is 0.0149. The van der Waals surface area contributed by atoms with Crippen molar-refractivity contribution < 1.29 is 14.3 Å². The number of hydrogen-bond acceptors (Lipinski definition) is 5. The summed E-state index contributed by atoms with van der Waals surface area (Å²) in [5, 5.41) is 2.78. The Balaban J connectivity index is 1.36. The number of amides is 2. The Morgan fingerprint density at radius 1 is 1.37 bits per heavy atom. The highest BCUT2D eigenvalue weighted by Gasteiger charge is 2.67. The molecule has 5 rings (SSSR count). The molecule has 7 heteroatoms. The Morgan fingerprint density at radius 3 is 2.93 bits per heavy atom. The Labute approximate surface area is 180 Å². The van der Waals surface area contributed by atoms with Gasteiger partial charge < -0.3 is 14.5 Å². The summed E-state index contributed by atoms with van der Waals surface area (Å²) in [6, 6.07) is 6.29. The maximum atomic E-state index is 13.4. The van der Waals surface area contributed by atoms with Gasteiger partial charge in [-0.3, -0.25) is 9.59 Å². The third-order valence-electron chi connectivity index (χ3n) is 6.64. The second kappa shape index (κ2) is 7.03. The fourth-order valence-corrected chi connectivity index (χ4v) is 5.65. The number of likely N-dealkylation sites (tertiary alicyclic amines) is 1. The molecule has 1 aromatic heterocycles. The fraction of sp³-hybridized carbons (Fsp3) is 0.435. The molecule has 4 atom stereocenters. The van der Waals surface area contributed by atoms with Crippen LogP contribution in [0.4, 0.5) is 0 Å². The molecule has 2 bridgehead atoms. The summed E-state index contributed by atoms with van der Waals surface area (Å²) in [7, 11) is 1.78. The number of carbonyl (C=O) groups is 2. The molecule has 2 aromatic rings. The molecule has 3 aliphatic rings. The molecule has 1 spiro atoms. The van der Waals surface area contributed by atoms with E-state index in [1.54, 1.807) is 18.1 Å². The molecule has 2 amide bonds. The first-order valence-electron chi connectivity index (χ1n) is 10.2. The van der Waals surface area contributed by atoms with Gasteiger partial charge in [0.25, 0.3) is 0 Å². The van der Waals surface area contributed by atoms with Crippen LogP contribution in [0.5, 0.6) is 0 Å². The van der Waals surface area contributed by atoms with Crippen molar-refractivity contribution in [3.63, 3.8) is 0 Å². The van der Waals surface area contributed by atoms with Crippen molar-refractivity contribution in [3.8, 4) is 0 Å². The van der Waals surface area contributed by atoms with Crippen molar-refractivity contribution in [2.24, 2.45) is 11.8 Å². The van der Waals surface area contributed by atoms with Gasteiger partial charge in [0, 0.05) is 25.2 Å². The van der Waals surface area contributed by atoms with E-state index in [2.05, 4.69) is 37.0 Å². The highest BCUT2D eigenvalue weighted by Crippen LogP contribution is 2.52. The molecule has 0 N–H and O–H groups in total. The van der Waals surface area contributed by atoms with Gasteiger partial charge in [0.2, 0.25) is 11.8 Å². The third-order valence-corrected chi connectivity index (χ3v) is 7.41. The SMILES string of the molecule is Cc1ccc(CN2C[C@]34C=C[C@H](O3)C(C(=O)N(C)Cc3nccs3)C4C2=O)cc1C. The van der Waals surface area contributed by atoms with Gasteiger partial charge in [-0.1, -0.05) is 30.4 Å². The van der Waals surface area contributed by atoms with Gasteiger partial charge in [-0.05, 0) is 30.5 Å². The molecule has 30 heavy (non-hydrogen) atoms. The molecule has 2 unspecified atom stereocenters. The number of ether oxygens (including phenoxy) is 1. The van der Waals surface area contributed by atoms with Crippen molar-refractivity contribution in [1.29, 1.82) is 0 Å². The lowest BCUT2D eigenvalue weighted by Gasteiger charge is -2.27. The van der Waals surface area contributed by atoms with Crippen LogP contribution in [-0.2, 0) is 27.4 Å². The minimum atomic E-state index is -0.677. The van der Waals surface area contributed by atoms with Crippen molar-refractivity contribution in [1.82, 2.24) is 14.8 Å². The topological polar surface area (TPSA) is 62.7 Å². The highest BCUT2D eigenvalue weighted by atomic mass is 32.1. The highest BCUT2D eigenvalue weighted by molar-refractivity contribution is 7.09. The predicted octanol–water partition coefficient (Wildman–Crippen LogP) is 2.70. The fourth-order valence-electron chi connectivity index (χ4n) is 4.98. The molecule has 4 heterocycles. The summed E-state index contributed by atoms with van der Waals surface area (Å²) < 4.78 is 6.25. The van der Waals surface area contributed by atoms with E-state index in [1.807, 2.05) is 22.4 Å². The number of thiazole rings is 1. The van der Waals surface area contributed by atoms with Crippen LogP contribution in [0.25, 0.3) is 0 Å². The summed E-state index contributed by atoms with van der Waals surface area (Å²) in [5.74, 6) is -0.962. The maximum Gasteiger partial charge on any atom is 0.230 e. The summed E-state index contributed by atoms with van der Waals surface area (Å²) in [4.78, 5) is 34.5. The molecule has 0 saturated carbocycles. The van der Waals surface area contributed by atoms with Crippen LogP contribution in [0, 0.1) is 25.7 Å². The quantitative estimate of drug-likeness (QED) is 0.694. The van der Waals surface area contributed by atoms with E-state index in [4.69, 9.17) is 4.74 Å². The van der Waals surface area contributed by atoms with Gasteiger partial charge >= 0.3 is 0 Å². The molecule has 3 aliphatic heterocycles. The predicted molar refractivity (Wildman–Crippen MR) is 114 cm³/mol. The molecule has 156 valence electrons. The number of nitrogens with zero attached hydrogens (tertiary/aromatic N) is 3. The van der Waals surface area contributed by atoms with E-state index in [1.165, 1.54) is 22.5 Å². The Kier molecular flexibility index (Phi) is 4.56. The number of rotatable bonds is 5. The van der Waals surface area contributed by atoms with Crippen LogP contribution in [0.2, 0.25) is 0 Å². The molecular weight excluding hydrogens is 398 g/mol. The second-order valence-corrected chi connectivity index (χ2v) is 9.61. The summed E-state index contributed by atoms with van der Waals surface area (Å²) >= 11 is 1.52. The van der Waals surface area contributed by atoms with Crippen LogP contribution in [0.3, 0.4) is 0 Å². The Bertz CT molecular complexity index is 1030. The molecule has 0 radical (unpaired) electrons. The summed E-state index contributed by atoms with van der Waals surface area (Å²) in [6.45, 7) is 5.65. The van der Waals surface area contributed by atoms with Gasteiger partial charge in [-0.2, -0.15) is 0 Å². The van der Waals surface area contributed by atoms with Crippen molar-refractivity contribution in [2.75, 3.05) is 13.6 Å². The van der Waals surface area contributed by atoms with Crippen LogP contribution in [0.1, 0.15) is 21.7 Å². The molecule has 1 aromatic carbocycles. The zero-order valence-corrected chi connectivity index (χ0v) is 18.2. The van der Waals surface area contributed by atoms with E-state index >= 15 is 0 Å². The number of benzene rings is 1. The minimum Gasteiger partial charge on any atom is -0.360 e. The van der Waals surface area contributed by atoms with Crippen molar-refractivity contribution >= 4 is 23.2 Å². The van der Waals surface area contributed by atoms with Crippen LogP contribution in [-0.4, -0.2) is 51.9 Å². The number of hydrogen-bond donors (Lipinski definition) is 0. The smallest absolute Gasteiger partial charge is 0.230 e. The first kappa shape index (κ1) is 19.5. The number of aryl methyl sites for hydroxylation is 2. The third kappa shape index (κ3) is 2.99. The van der Waals surface area contributed by atoms with Gasteiger partial charge in [-0.15, -0.1) is 11.3 Å². The summed E-state index contributed by atoms with van der Waals surface area (Å²) in [5.41, 5.74) is 2.88. The van der Waals surface area contributed by atoms with Crippen molar-refractivity contribution in [2.45, 2.75) is 38.6 Å². The maximum absolute atomic E-state index is 13.4. The lowest BCUT2D eigenvalue weighted by molar-refractivity contribution is -0.142. The van der Waals surface area contributed by atoms with E-state index in [9.17, 15) is 9.59 Å². The number of fused-ring (bicyclic) bond motifs is 1. The van der Waals surface area contributed by atoms with E-state index in [0.29, 0.717) is 19.6 Å². The van der Waals surface area contributed by atoms with Crippen molar-refractivity contribution in [3.05, 3.63) is 63.6 Å². The van der Waals surface area contributed by atoms with Crippen LogP contribution in [0.15, 0.2) is 41.9 Å². The normalized spacial score (nSPS) is 29.0. The standard InChI is InChI=1S/C23H25N3O3S/c1-14-4-5-16(10-15(14)2)11-26-13-23-7-6-17(29-23)19(20(23)22(26)28)21(27)25(3)12-18-24-8-9-30-18/h4-10,17,19-20H,11-13H2,1-3H3/t17-,19?,20?,23-/m0/s1. The number of carbonyl (C=O) groups excluding carboxylic acids is 2. The molecular formula is C23H25N3O3S. The lowest BCUT2D eigenvalue weighted by atomic mass is 9.76. The Morgan fingerprint density at radius 2 is 2.20 bits per heavy atom. The number of aromatic nitrogens is 1. The largest absolute Gasteiger partial charge is 0.360 e. The second-order valence-electron chi connectivity index (χ2n) is 8.63. The van der Waals surface area contributed by atoms with Crippen LogP contribution < -0.4 is 0 Å². The van der Waals surface area contributed by atoms with E-state index in [0.717, 1.165) is 10.6 Å². The Hall–Kier alpha value is -2.51. The van der Waals surface area contributed by atoms with Crippen LogP contribution >= 0.6 is 11.3 Å². The zero-order chi connectivity index (χ0) is 21.0. The summed E-state index contributed by atoms with van der Waals surface area (Å²) in [6.07, 6.45) is 5.38. The van der Waals surface area contributed by atoms with Gasteiger partial charge in [0.05, 0.1) is 31.0 Å². The lowest BCUT2D eigenvalue weighted by Crippen LogP contribution is -2.44. The average Bonchev–Trinajstić information content (AvgIpc) is 3.47. The molecule has 2 fully saturated rings. The van der Waals surface area contributed by atoms with Gasteiger partial charge in [0.1, 0.15) is 10.6 Å². The average molecular weight is 424 g/mol. The molecule has 0 aliphatic carbocycles.